The second-order valence-electron chi connectivity index (χ2n) is 7.64. The molecular weight excluding hydrogens is 412 g/mol. The first-order valence-electron chi connectivity index (χ1n) is 10.0. The maximum Gasteiger partial charge on any atom is 0.287 e. The number of fused-ring (bicyclic) bond motifs is 3. The number of nitrogens with one attached hydrogen (secondary N) is 2. The van der Waals surface area contributed by atoms with Gasteiger partial charge in [-0.05, 0) is 43.4 Å². The molecule has 4 rings (SSSR count). The van der Waals surface area contributed by atoms with Crippen molar-refractivity contribution in [1.82, 2.24) is 10.0 Å². The molecule has 2 N–H and O–H groups in total. The highest BCUT2D eigenvalue weighted by Gasteiger charge is 2.20. The quantitative estimate of drug-likeness (QED) is 0.443. The number of furan rings is 1. The third-order valence-electron chi connectivity index (χ3n) is 5.37. The van der Waals surface area contributed by atoms with Gasteiger partial charge in [0.05, 0.1) is 4.90 Å². The molecule has 0 spiro atoms. The normalized spacial score (nSPS) is 11.8. The van der Waals surface area contributed by atoms with Crippen molar-refractivity contribution < 1.29 is 17.6 Å². The molecule has 0 saturated carbocycles. The highest BCUT2D eigenvalue weighted by molar-refractivity contribution is 7.89. The molecule has 0 saturated heterocycles. The summed E-state index contributed by atoms with van der Waals surface area (Å²) < 4.78 is 33.6. The summed E-state index contributed by atoms with van der Waals surface area (Å²) >= 11 is 0. The summed E-state index contributed by atoms with van der Waals surface area (Å²) in [4.78, 5) is 12.9. The SMILES string of the molecule is Cc1ccc(C)c(S(=O)(=O)NCCNC(=O)c2oc3c(ccc4ccccc43)c2C)c1. The Labute approximate surface area is 181 Å². The van der Waals surface area contributed by atoms with Crippen molar-refractivity contribution in [3.8, 4) is 0 Å². The Morgan fingerprint density at radius 1 is 0.935 bits per heavy atom. The second kappa shape index (κ2) is 8.17. The van der Waals surface area contributed by atoms with Crippen molar-refractivity contribution in [2.75, 3.05) is 13.1 Å². The van der Waals surface area contributed by atoms with Crippen molar-refractivity contribution in [3.05, 3.63) is 77.0 Å². The van der Waals surface area contributed by atoms with Crippen LogP contribution in [0.5, 0.6) is 0 Å². The number of sulfonamides is 1. The van der Waals surface area contributed by atoms with Gasteiger partial charge in [-0.3, -0.25) is 4.79 Å². The molecule has 0 aliphatic carbocycles. The molecule has 1 aromatic heterocycles. The van der Waals surface area contributed by atoms with Crippen LogP contribution in [0.25, 0.3) is 21.7 Å². The fourth-order valence-corrected chi connectivity index (χ4v) is 5.04. The molecular formula is C24H24N2O4S. The summed E-state index contributed by atoms with van der Waals surface area (Å²) in [7, 11) is -3.65. The number of rotatable bonds is 6. The van der Waals surface area contributed by atoms with Crippen LogP contribution < -0.4 is 10.0 Å². The van der Waals surface area contributed by atoms with E-state index in [2.05, 4.69) is 10.0 Å². The van der Waals surface area contributed by atoms with Gasteiger partial charge < -0.3 is 9.73 Å². The summed E-state index contributed by atoms with van der Waals surface area (Å²) in [5.74, 6) is -0.132. The number of aryl methyl sites for hydroxylation is 3. The van der Waals surface area contributed by atoms with Gasteiger partial charge in [0.1, 0.15) is 5.58 Å². The molecule has 0 atom stereocenters. The Kier molecular flexibility index (Phi) is 5.56. The summed E-state index contributed by atoms with van der Waals surface area (Å²) in [6.07, 6.45) is 0. The minimum Gasteiger partial charge on any atom is -0.450 e. The van der Waals surface area contributed by atoms with Crippen LogP contribution in [-0.4, -0.2) is 27.4 Å². The first-order valence-corrected chi connectivity index (χ1v) is 11.5. The molecule has 160 valence electrons. The number of carbonyl (C=O) groups is 1. The molecule has 1 heterocycles. The first kappa shape index (κ1) is 21.1. The summed E-state index contributed by atoms with van der Waals surface area (Å²) in [6.45, 7) is 5.66. The number of hydrogen-bond donors (Lipinski definition) is 2. The van der Waals surface area contributed by atoms with E-state index in [0.29, 0.717) is 11.1 Å². The number of benzene rings is 3. The van der Waals surface area contributed by atoms with E-state index in [1.165, 1.54) is 0 Å². The van der Waals surface area contributed by atoms with E-state index < -0.39 is 10.0 Å². The van der Waals surface area contributed by atoms with Crippen LogP contribution in [0.2, 0.25) is 0 Å². The standard InChI is InChI=1S/C24H24N2O4S/c1-15-8-9-16(2)21(14-15)31(28,29)26-13-12-25-24(27)22-17(3)19-11-10-18-6-4-5-7-20(18)23(19)30-22/h4-11,14,26H,12-13H2,1-3H3,(H,25,27). The lowest BCUT2D eigenvalue weighted by Gasteiger charge is -2.10. The highest BCUT2D eigenvalue weighted by Crippen LogP contribution is 2.31. The van der Waals surface area contributed by atoms with Crippen molar-refractivity contribution >= 4 is 37.7 Å². The first-order chi connectivity index (χ1) is 14.8. The maximum absolute atomic E-state index is 12.7. The number of amides is 1. The molecule has 1 amide bonds. The van der Waals surface area contributed by atoms with Crippen LogP contribution in [0, 0.1) is 20.8 Å². The lowest BCUT2D eigenvalue weighted by atomic mass is 10.1. The largest absolute Gasteiger partial charge is 0.450 e. The predicted octanol–water partition coefficient (Wildman–Crippen LogP) is 4.22. The summed E-state index contributed by atoms with van der Waals surface area (Å²) in [6, 6.07) is 17.1. The van der Waals surface area contributed by atoms with Gasteiger partial charge in [0.25, 0.3) is 5.91 Å². The minimum absolute atomic E-state index is 0.0731. The topological polar surface area (TPSA) is 88.4 Å². The molecule has 31 heavy (non-hydrogen) atoms. The van der Waals surface area contributed by atoms with E-state index in [0.717, 1.165) is 27.3 Å². The van der Waals surface area contributed by atoms with Crippen molar-refractivity contribution in [2.45, 2.75) is 25.7 Å². The van der Waals surface area contributed by atoms with Gasteiger partial charge in [-0.1, -0.05) is 48.5 Å². The Hall–Kier alpha value is -3.16. The molecule has 3 aromatic carbocycles. The van der Waals surface area contributed by atoms with Crippen molar-refractivity contribution in [3.63, 3.8) is 0 Å². The van der Waals surface area contributed by atoms with Gasteiger partial charge in [0, 0.05) is 29.4 Å². The van der Waals surface area contributed by atoms with Gasteiger partial charge in [-0.2, -0.15) is 0 Å². The number of hydrogen-bond acceptors (Lipinski definition) is 4. The maximum atomic E-state index is 12.7. The van der Waals surface area contributed by atoms with E-state index in [1.807, 2.05) is 56.3 Å². The van der Waals surface area contributed by atoms with Crippen molar-refractivity contribution in [1.29, 1.82) is 0 Å². The lowest BCUT2D eigenvalue weighted by Crippen LogP contribution is -2.35. The molecule has 0 radical (unpaired) electrons. The van der Waals surface area contributed by atoms with Gasteiger partial charge in [-0.25, -0.2) is 13.1 Å². The molecule has 0 fully saturated rings. The minimum atomic E-state index is -3.65. The van der Waals surface area contributed by atoms with Crippen LogP contribution >= 0.6 is 0 Å². The van der Waals surface area contributed by atoms with Gasteiger partial charge >= 0.3 is 0 Å². The molecule has 0 aliphatic heterocycles. The smallest absolute Gasteiger partial charge is 0.287 e. The lowest BCUT2D eigenvalue weighted by molar-refractivity contribution is 0.0928. The van der Waals surface area contributed by atoms with Crippen LogP contribution in [0.15, 0.2) is 63.9 Å². The Morgan fingerprint density at radius 2 is 1.71 bits per heavy atom. The molecule has 0 unspecified atom stereocenters. The molecule has 0 aliphatic rings. The third-order valence-corrected chi connectivity index (χ3v) is 6.97. The van der Waals surface area contributed by atoms with Crippen LogP contribution in [0.4, 0.5) is 0 Å². The van der Waals surface area contributed by atoms with E-state index >= 15 is 0 Å². The average molecular weight is 437 g/mol. The van der Waals surface area contributed by atoms with Crippen molar-refractivity contribution in [2.24, 2.45) is 0 Å². The van der Waals surface area contributed by atoms with E-state index in [-0.39, 0.29) is 29.7 Å². The zero-order chi connectivity index (χ0) is 22.2. The fraction of sp³-hybridized carbons (Fsp3) is 0.208. The summed E-state index contributed by atoms with van der Waals surface area (Å²) in [5.41, 5.74) is 2.98. The number of carbonyl (C=O) groups excluding carboxylic acids is 1. The van der Waals surface area contributed by atoms with E-state index in [4.69, 9.17) is 4.42 Å². The zero-order valence-corrected chi connectivity index (χ0v) is 18.5. The van der Waals surface area contributed by atoms with E-state index in [9.17, 15) is 13.2 Å². The highest BCUT2D eigenvalue weighted by atomic mass is 32.2. The van der Waals surface area contributed by atoms with Gasteiger partial charge in [0.2, 0.25) is 10.0 Å². The van der Waals surface area contributed by atoms with Crippen LogP contribution in [-0.2, 0) is 10.0 Å². The molecule has 6 nitrogen and oxygen atoms in total. The Bertz CT molecular complexity index is 1400. The molecule has 4 aromatic rings. The average Bonchev–Trinajstić information content (AvgIpc) is 3.10. The Balaban J connectivity index is 1.46. The monoisotopic (exact) mass is 436 g/mol. The molecule has 0 bridgehead atoms. The predicted molar refractivity (Wildman–Crippen MR) is 122 cm³/mol. The second-order valence-corrected chi connectivity index (χ2v) is 9.38. The van der Waals surface area contributed by atoms with Crippen LogP contribution in [0.1, 0.15) is 27.2 Å². The fourth-order valence-electron chi connectivity index (χ4n) is 3.68. The van der Waals surface area contributed by atoms with Gasteiger partial charge in [-0.15, -0.1) is 0 Å². The van der Waals surface area contributed by atoms with Gasteiger partial charge in [0.15, 0.2) is 5.76 Å². The van der Waals surface area contributed by atoms with Crippen LogP contribution in [0.3, 0.4) is 0 Å². The third kappa shape index (κ3) is 4.06. The zero-order valence-electron chi connectivity index (χ0n) is 17.7. The van der Waals surface area contributed by atoms with E-state index in [1.54, 1.807) is 19.1 Å². The summed E-state index contributed by atoms with van der Waals surface area (Å²) in [5, 5.41) is 5.61. The Morgan fingerprint density at radius 3 is 2.52 bits per heavy atom. The molecule has 7 heteroatoms.